The molecule has 1 amide bonds. The van der Waals surface area contributed by atoms with Gasteiger partial charge in [-0.05, 0) is 17.9 Å². The molecule has 1 spiro atoms. The molecule has 1 atom stereocenters. The van der Waals surface area contributed by atoms with E-state index in [1.807, 2.05) is 11.4 Å². The summed E-state index contributed by atoms with van der Waals surface area (Å²) < 4.78 is 11.6. The van der Waals surface area contributed by atoms with Gasteiger partial charge >= 0.3 is 0 Å². The predicted molar refractivity (Wildman–Crippen MR) is 113 cm³/mol. The summed E-state index contributed by atoms with van der Waals surface area (Å²) in [6, 6.07) is 4.32. The van der Waals surface area contributed by atoms with E-state index in [9.17, 15) is 4.79 Å². The number of hydrogen-bond acceptors (Lipinski definition) is 5. The SMILES string of the molecule is CN(C)C(=O)CN=C(NCc1cccs1)NC1CCC2(C1)OCCO2.I. The lowest BCUT2D eigenvalue weighted by atomic mass is 10.2. The van der Waals surface area contributed by atoms with E-state index < -0.39 is 5.79 Å². The molecule has 2 fully saturated rings. The van der Waals surface area contributed by atoms with Gasteiger partial charge in [-0.2, -0.15) is 0 Å². The maximum absolute atomic E-state index is 11.8. The molecule has 2 heterocycles. The molecule has 2 aliphatic rings. The van der Waals surface area contributed by atoms with Gasteiger partial charge in [0.1, 0.15) is 6.54 Å². The average Bonchev–Trinajstić information content (AvgIpc) is 3.33. The van der Waals surface area contributed by atoms with E-state index in [2.05, 4.69) is 21.7 Å². The van der Waals surface area contributed by atoms with Crippen LogP contribution in [0.5, 0.6) is 0 Å². The number of nitrogens with one attached hydrogen (secondary N) is 2. The molecule has 1 aromatic heterocycles. The average molecular weight is 494 g/mol. The largest absolute Gasteiger partial charge is 0.353 e. The van der Waals surface area contributed by atoms with E-state index in [-0.39, 0.29) is 42.5 Å². The number of likely N-dealkylation sites (N-methyl/N-ethyl adjacent to an activating group) is 1. The van der Waals surface area contributed by atoms with Gasteiger partial charge in [0.15, 0.2) is 11.7 Å². The number of nitrogens with zero attached hydrogens (tertiary/aromatic N) is 2. The summed E-state index contributed by atoms with van der Waals surface area (Å²) in [5.74, 6) is 0.210. The fourth-order valence-electron chi connectivity index (χ4n) is 3.07. The lowest BCUT2D eigenvalue weighted by Gasteiger charge is -2.22. The third-order valence-electron chi connectivity index (χ3n) is 4.47. The summed E-state index contributed by atoms with van der Waals surface area (Å²) in [5, 5.41) is 8.80. The highest BCUT2D eigenvalue weighted by atomic mass is 127. The molecular weight excluding hydrogens is 467 g/mol. The van der Waals surface area contributed by atoms with Gasteiger partial charge in [-0.1, -0.05) is 6.07 Å². The van der Waals surface area contributed by atoms with E-state index in [4.69, 9.17) is 9.47 Å². The van der Waals surface area contributed by atoms with E-state index in [1.54, 1.807) is 30.3 Å². The summed E-state index contributed by atoms with van der Waals surface area (Å²) in [5.41, 5.74) is 0. The molecule has 0 aromatic carbocycles. The van der Waals surface area contributed by atoms with Crippen molar-refractivity contribution in [3.63, 3.8) is 0 Å². The van der Waals surface area contributed by atoms with Crippen molar-refractivity contribution in [3.8, 4) is 0 Å². The van der Waals surface area contributed by atoms with Crippen molar-refractivity contribution in [2.75, 3.05) is 33.9 Å². The Morgan fingerprint density at radius 1 is 1.42 bits per heavy atom. The number of carbonyl (C=O) groups excluding carboxylic acids is 1. The second-order valence-electron chi connectivity index (χ2n) is 6.58. The monoisotopic (exact) mass is 494 g/mol. The lowest BCUT2D eigenvalue weighted by Crippen LogP contribution is -2.43. The summed E-state index contributed by atoms with van der Waals surface area (Å²) >= 11 is 1.69. The minimum Gasteiger partial charge on any atom is -0.353 e. The van der Waals surface area contributed by atoms with Crippen LogP contribution < -0.4 is 10.6 Å². The van der Waals surface area contributed by atoms with E-state index >= 15 is 0 Å². The number of guanidine groups is 1. The van der Waals surface area contributed by atoms with Gasteiger partial charge in [0.05, 0.1) is 19.8 Å². The van der Waals surface area contributed by atoms with E-state index in [0.717, 1.165) is 19.3 Å². The maximum atomic E-state index is 11.8. The Balaban J connectivity index is 0.00000243. The number of amides is 1. The van der Waals surface area contributed by atoms with E-state index in [1.165, 1.54) is 4.88 Å². The Bertz CT molecular complexity index is 603. The molecule has 7 nitrogen and oxygen atoms in total. The summed E-state index contributed by atoms with van der Waals surface area (Å²) in [6.07, 6.45) is 2.65. The van der Waals surface area contributed by atoms with Crippen LogP contribution in [0.15, 0.2) is 22.5 Å². The number of thiophene rings is 1. The zero-order valence-electron chi connectivity index (χ0n) is 15.2. The van der Waals surface area contributed by atoms with Gasteiger partial charge in [-0.25, -0.2) is 4.99 Å². The fourth-order valence-corrected chi connectivity index (χ4v) is 3.72. The van der Waals surface area contributed by atoms with Crippen LogP contribution in [0, 0.1) is 0 Å². The van der Waals surface area contributed by atoms with Crippen LogP contribution >= 0.6 is 35.3 Å². The predicted octanol–water partition coefficient (Wildman–Crippen LogP) is 1.79. The molecule has 1 saturated carbocycles. The van der Waals surface area contributed by atoms with Crippen molar-refractivity contribution < 1.29 is 14.3 Å². The van der Waals surface area contributed by atoms with Crippen molar-refractivity contribution in [1.82, 2.24) is 15.5 Å². The second-order valence-corrected chi connectivity index (χ2v) is 7.61. The highest BCUT2D eigenvalue weighted by Gasteiger charge is 2.44. The Kier molecular flexibility index (Phi) is 8.11. The standard InChI is InChI=1S/C17H26N4O3S.HI/c1-21(2)15(22)12-19-16(18-11-14-4-3-9-25-14)20-13-5-6-17(10-13)23-7-8-24-17;/h3-4,9,13H,5-8,10-12H2,1-2H3,(H2,18,19,20);1H. The molecule has 3 rings (SSSR count). The van der Waals surface area contributed by atoms with Crippen LogP contribution in [0.2, 0.25) is 0 Å². The third kappa shape index (κ3) is 5.80. The highest BCUT2D eigenvalue weighted by molar-refractivity contribution is 14.0. The zero-order valence-corrected chi connectivity index (χ0v) is 18.3. The minimum atomic E-state index is -0.421. The normalized spacial score (nSPS) is 21.5. The molecule has 26 heavy (non-hydrogen) atoms. The third-order valence-corrected chi connectivity index (χ3v) is 5.34. The van der Waals surface area contributed by atoms with Gasteiger partial charge in [0.25, 0.3) is 0 Å². The Hall–Kier alpha value is -0.910. The molecule has 9 heteroatoms. The summed E-state index contributed by atoms with van der Waals surface area (Å²) in [7, 11) is 3.47. The second kappa shape index (κ2) is 9.86. The number of aliphatic imine (C=N–C) groups is 1. The molecule has 1 saturated heterocycles. The van der Waals surface area contributed by atoms with Gasteiger partial charge in [0, 0.05) is 37.9 Å². The lowest BCUT2D eigenvalue weighted by molar-refractivity contribution is -0.151. The molecule has 2 N–H and O–H groups in total. The van der Waals surface area contributed by atoms with Crippen molar-refractivity contribution in [3.05, 3.63) is 22.4 Å². The Morgan fingerprint density at radius 2 is 2.19 bits per heavy atom. The summed E-state index contributed by atoms with van der Waals surface area (Å²) in [4.78, 5) is 19.1. The molecule has 0 radical (unpaired) electrons. The van der Waals surface area contributed by atoms with Crippen LogP contribution in [-0.2, 0) is 20.8 Å². The molecule has 0 bridgehead atoms. The van der Waals surface area contributed by atoms with Crippen LogP contribution in [0.25, 0.3) is 0 Å². The first kappa shape index (κ1) is 21.4. The van der Waals surface area contributed by atoms with Crippen LogP contribution in [-0.4, -0.2) is 62.4 Å². The summed E-state index contributed by atoms with van der Waals surface area (Å²) in [6.45, 7) is 2.14. The van der Waals surface area contributed by atoms with Crippen molar-refractivity contribution in [1.29, 1.82) is 0 Å². The van der Waals surface area contributed by atoms with Crippen molar-refractivity contribution in [2.45, 2.75) is 37.6 Å². The Labute approximate surface area is 175 Å². The number of carbonyl (C=O) groups is 1. The molecule has 1 aliphatic heterocycles. The van der Waals surface area contributed by atoms with E-state index in [0.29, 0.717) is 25.7 Å². The first-order valence-corrected chi connectivity index (χ1v) is 9.50. The van der Waals surface area contributed by atoms with Gasteiger partial charge in [0.2, 0.25) is 5.91 Å². The molecule has 146 valence electrons. The van der Waals surface area contributed by atoms with Crippen LogP contribution in [0.3, 0.4) is 0 Å². The minimum absolute atomic E-state index is 0. The first-order valence-electron chi connectivity index (χ1n) is 8.62. The molecule has 1 aliphatic carbocycles. The molecule has 1 aromatic rings. The van der Waals surface area contributed by atoms with Crippen LogP contribution in [0.4, 0.5) is 0 Å². The number of rotatable bonds is 5. The van der Waals surface area contributed by atoms with Gasteiger partial charge in [-0.3, -0.25) is 4.79 Å². The van der Waals surface area contributed by atoms with Crippen LogP contribution in [0.1, 0.15) is 24.1 Å². The van der Waals surface area contributed by atoms with Crippen molar-refractivity contribution in [2.24, 2.45) is 4.99 Å². The number of hydrogen-bond donors (Lipinski definition) is 2. The van der Waals surface area contributed by atoms with Crippen molar-refractivity contribution >= 4 is 47.2 Å². The number of ether oxygens (including phenoxy) is 2. The van der Waals surface area contributed by atoms with Gasteiger partial charge in [-0.15, -0.1) is 35.3 Å². The molecule has 1 unspecified atom stereocenters. The highest BCUT2D eigenvalue weighted by Crippen LogP contribution is 2.37. The topological polar surface area (TPSA) is 75.2 Å². The maximum Gasteiger partial charge on any atom is 0.243 e. The van der Waals surface area contributed by atoms with Gasteiger partial charge < -0.3 is 25.0 Å². The number of halogens is 1. The zero-order chi connectivity index (χ0) is 17.7. The fraction of sp³-hybridized carbons (Fsp3) is 0.647. The molecular formula is C17H27IN4O3S. The first-order chi connectivity index (χ1) is 12.1. The smallest absolute Gasteiger partial charge is 0.243 e. The quantitative estimate of drug-likeness (QED) is 0.371. The Morgan fingerprint density at radius 3 is 2.85 bits per heavy atom.